The molecule has 11 nitrogen and oxygen atoms in total. The van der Waals surface area contributed by atoms with Crippen LogP contribution in [0.25, 0.3) is 39.0 Å². The zero-order valence-corrected chi connectivity index (χ0v) is 29.2. The van der Waals surface area contributed by atoms with Crippen LogP contribution < -0.4 is 19.5 Å². The number of hydrogen-bond acceptors (Lipinski definition) is 10. The summed E-state index contributed by atoms with van der Waals surface area (Å²) in [6.45, 7) is 2.42. The van der Waals surface area contributed by atoms with Crippen LogP contribution in [0.4, 0.5) is 0 Å². The number of hydrogen-bond donors (Lipinski definition) is 2. The van der Waals surface area contributed by atoms with Crippen molar-refractivity contribution in [1.82, 2.24) is 25.0 Å². The number of halogens is 1. The molecule has 0 bridgehead atoms. The molecule has 7 rings (SSSR count). The SMILES string of the molecule is COC(=O)C1CN(Cc2c(OC)cc(-n3ncc4c(-c5cccc(-c6ccc(CNC7CC(O)C7)c(OC)n6)c5Cl)cccc43)cc2OC)C1. The van der Waals surface area contributed by atoms with Gasteiger partial charge in [0.25, 0.3) is 0 Å². The maximum absolute atomic E-state index is 11.9. The molecule has 5 aromatic rings. The molecule has 3 aromatic carbocycles. The molecule has 1 saturated carbocycles. The molecule has 2 aliphatic rings. The number of carbonyl (C=O) groups is 1. The third-order valence-electron chi connectivity index (χ3n) is 9.72. The Labute approximate surface area is 295 Å². The molecule has 0 unspecified atom stereocenters. The van der Waals surface area contributed by atoms with Crippen molar-refractivity contribution < 1.29 is 28.8 Å². The molecule has 2 N–H and O–H groups in total. The van der Waals surface area contributed by atoms with E-state index in [9.17, 15) is 9.90 Å². The summed E-state index contributed by atoms with van der Waals surface area (Å²) < 4.78 is 24.1. The second-order valence-electron chi connectivity index (χ2n) is 12.8. The van der Waals surface area contributed by atoms with Gasteiger partial charge in [-0.2, -0.15) is 5.10 Å². The van der Waals surface area contributed by atoms with E-state index in [1.807, 2.05) is 71.5 Å². The van der Waals surface area contributed by atoms with Crippen molar-refractivity contribution in [3.05, 3.63) is 83.0 Å². The van der Waals surface area contributed by atoms with E-state index in [4.69, 9.17) is 40.6 Å². The molecule has 1 aliphatic carbocycles. The highest BCUT2D eigenvalue weighted by Crippen LogP contribution is 2.41. The first-order chi connectivity index (χ1) is 24.3. The average Bonchev–Trinajstić information content (AvgIpc) is 3.55. The number of methoxy groups -OCH3 is 4. The molecule has 1 saturated heterocycles. The van der Waals surface area contributed by atoms with Crippen molar-refractivity contribution >= 4 is 28.5 Å². The van der Waals surface area contributed by atoms with E-state index >= 15 is 0 Å². The molecule has 0 atom stereocenters. The van der Waals surface area contributed by atoms with E-state index in [2.05, 4.69) is 10.2 Å². The van der Waals surface area contributed by atoms with Gasteiger partial charge in [0.05, 0.1) is 74.1 Å². The van der Waals surface area contributed by atoms with Crippen molar-refractivity contribution in [1.29, 1.82) is 0 Å². The lowest BCUT2D eigenvalue weighted by atomic mass is 9.89. The lowest BCUT2D eigenvalue weighted by molar-refractivity contribution is -0.151. The second-order valence-corrected chi connectivity index (χ2v) is 13.2. The first-order valence-electron chi connectivity index (χ1n) is 16.6. The number of esters is 1. The van der Waals surface area contributed by atoms with Gasteiger partial charge in [-0.05, 0) is 30.5 Å². The number of ether oxygens (including phenoxy) is 4. The predicted octanol–water partition coefficient (Wildman–Crippen LogP) is 5.65. The van der Waals surface area contributed by atoms with Crippen LogP contribution >= 0.6 is 11.6 Å². The van der Waals surface area contributed by atoms with E-state index in [1.165, 1.54) is 7.11 Å². The highest BCUT2D eigenvalue weighted by molar-refractivity contribution is 6.36. The first kappa shape index (κ1) is 33.8. The summed E-state index contributed by atoms with van der Waals surface area (Å²) in [6.07, 6.45) is 3.15. The van der Waals surface area contributed by atoms with E-state index in [-0.39, 0.29) is 18.0 Å². The molecule has 260 valence electrons. The zero-order chi connectivity index (χ0) is 34.9. The fraction of sp³-hybridized carbons (Fsp3) is 0.342. The number of carbonyl (C=O) groups excluding carboxylic acids is 1. The molecule has 1 aliphatic heterocycles. The molecule has 2 fully saturated rings. The van der Waals surface area contributed by atoms with Crippen LogP contribution in [0.2, 0.25) is 5.02 Å². The Hall–Kier alpha value is -4.68. The smallest absolute Gasteiger partial charge is 0.311 e. The van der Waals surface area contributed by atoms with Crippen LogP contribution in [-0.2, 0) is 22.6 Å². The van der Waals surface area contributed by atoms with Crippen molar-refractivity contribution in [2.45, 2.75) is 38.1 Å². The highest BCUT2D eigenvalue weighted by Gasteiger charge is 2.34. The van der Waals surface area contributed by atoms with Crippen LogP contribution in [0, 0.1) is 5.92 Å². The van der Waals surface area contributed by atoms with E-state index in [0.717, 1.165) is 57.2 Å². The Morgan fingerprint density at radius 1 is 0.940 bits per heavy atom. The maximum atomic E-state index is 11.9. The van der Waals surface area contributed by atoms with E-state index in [0.29, 0.717) is 60.3 Å². The van der Waals surface area contributed by atoms with Gasteiger partial charge in [-0.15, -0.1) is 0 Å². The molecule has 12 heteroatoms. The Morgan fingerprint density at radius 2 is 1.64 bits per heavy atom. The van der Waals surface area contributed by atoms with Crippen molar-refractivity contribution in [2.75, 3.05) is 41.5 Å². The lowest BCUT2D eigenvalue weighted by Crippen LogP contribution is -2.50. The Balaban J connectivity index is 1.18. The minimum Gasteiger partial charge on any atom is -0.496 e. The number of fused-ring (bicyclic) bond motifs is 1. The number of likely N-dealkylation sites (tertiary alicyclic amines) is 1. The summed E-state index contributed by atoms with van der Waals surface area (Å²) in [5.41, 5.74) is 6.80. The summed E-state index contributed by atoms with van der Waals surface area (Å²) in [5.74, 6) is 1.57. The van der Waals surface area contributed by atoms with Crippen LogP contribution in [0.1, 0.15) is 24.0 Å². The van der Waals surface area contributed by atoms with Gasteiger partial charge in [0.2, 0.25) is 5.88 Å². The van der Waals surface area contributed by atoms with Gasteiger partial charge in [0, 0.05) is 66.4 Å². The van der Waals surface area contributed by atoms with E-state index < -0.39 is 0 Å². The zero-order valence-electron chi connectivity index (χ0n) is 28.5. The second kappa shape index (κ2) is 14.3. The van der Waals surface area contributed by atoms with Gasteiger partial charge in [0.1, 0.15) is 11.5 Å². The average molecular weight is 698 g/mol. The molecule has 0 radical (unpaired) electrons. The van der Waals surface area contributed by atoms with E-state index in [1.54, 1.807) is 21.3 Å². The summed E-state index contributed by atoms with van der Waals surface area (Å²) in [6, 6.07) is 20.2. The number of benzene rings is 3. The molecule has 0 spiro atoms. The first-order valence-corrected chi connectivity index (χ1v) is 17.0. The predicted molar refractivity (Wildman–Crippen MR) is 191 cm³/mol. The van der Waals surface area contributed by atoms with Gasteiger partial charge in [-0.3, -0.25) is 9.69 Å². The third-order valence-corrected chi connectivity index (χ3v) is 10.1. The van der Waals surface area contributed by atoms with Crippen molar-refractivity contribution in [3.8, 4) is 45.5 Å². The molecule has 50 heavy (non-hydrogen) atoms. The van der Waals surface area contributed by atoms with Gasteiger partial charge >= 0.3 is 5.97 Å². The largest absolute Gasteiger partial charge is 0.496 e. The fourth-order valence-electron chi connectivity index (χ4n) is 6.86. The molecule has 2 aromatic heterocycles. The van der Waals surface area contributed by atoms with Crippen LogP contribution in [-0.4, -0.2) is 84.4 Å². The van der Waals surface area contributed by atoms with Gasteiger partial charge in [0.15, 0.2) is 0 Å². The third kappa shape index (κ3) is 6.37. The molecular weight excluding hydrogens is 658 g/mol. The minimum atomic E-state index is -0.214. The van der Waals surface area contributed by atoms with Gasteiger partial charge in [-0.25, -0.2) is 9.67 Å². The Kier molecular flexibility index (Phi) is 9.65. The number of aromatic nitrogens is 3. The van der Waals surface area contributed by atoms with Crippen LogP contribution in [0.3, 0.4) is 0 Å². The summed E-state index contributed by atoms with van der Waals surface area (Å²) in [5, 5.41) is 19.4. The number of aliphatic hydroxyl groups is 1. The maximum Gasteiger partial charge on any atom is 0.311 e. The fourth-order valence-corrected chi connectivity index (χ4v) is 7.18. The standard InChI is InChI=1S/C38H40ClN5O6/c1-47-34-15-25(16-35(48-2)31(34)21-43-19-23(20-43)38(46)50-4)44-33-10-6-7-27(30(33)18-41-44)28-8-5-9-29(36(28)39)32-12-11-22(37(42-32)49-3)17-40-24-13-26(45)14-24/h5-12,15-16,18,23-24,26,40,45H,13-14,17,19-21H2,1-4H3. The van der Waals surface area contributed by atoms with Crippen LogP contribution in [0.5, 0.6) is 17.4 Å². The number of nitrogens with one attached hydrogen (secondary N) is 1. The van der Waals surface area contributed by atoms with Crippen molar-refractivity contribution in [3.63, 3.8) is 0 Å². The van der Waals surface area contributed by atoms with Crippen LogP contribution in [0.15, 0.2) is 66.9 Å². The lowest BCUT2D eigenvalue weighted by Gasteiger charge is -2.37. The monoisotopic (exact) mass is 697 g/mol. The van der Waals surface area contributed by atoms with Gasteiger partial charge < -0.3 is 29.4 Å². The molecule has 0 amide bonds. The number of aliphatic hydroxyl groups excluding tert-OH is 1. The number of nitrogens with zero attached hydrogens (tertiary/aromatic N) is 4. The summed E-state index contributed by atoms with van der Waals surface area (Å²) >= 11 is 7.16. The quantitative estimate of drug-likeness (QED) is 0.158. The number of pyridine rings is 1. The summed E-state index contributed by atoms with van der Waals surface area (Å²) in [7, 11) is 6.31. The van der Waals surface area contributed by atoms with Gasteiger partial charge in [-0.1, -0.05) is 48.0 Å². The van der Waals surface area contributed by atoms with Crippen molar-refractivity contribution in [2.24, 2.45) is 5.92 Å². The topological polar surface area (TPSA) is 120 Å². The Morgan fingerprint density at radius 3 is 2.32 bits per heavy atom. The highest BCUT2D eigenvalue weighted by atomic mass is 35.5. The normalized spacial score (nSPS) is 17.6. The summed E-state index contributed by atoms with van der Waals surface area (Å²) in [4.78, 5) is 18.9. The Bertz CT molecular complexity index is 2010. The number of rotatable bonds is 12. The minimum absolute atomic E-state index is 0.115. The molecule has 3 heterocycles. The molecular formula is C38H40ClN5O6.